The van der Waals surface area contributed by atoms with Gasteiger partial charge in [0.05, 0.1) is 11.5 Å². The lowest BCUT2D eigenvalue weighted by Crippen LogP contribution is -2.29. The normalized spacial score (nSPS) is 17.8. The number of benzene rings is 1. The number of imidazole rings is 1. The second kappa shape index (κ2) is 8.37. The molecule has 3 aromatic rings. The number of methoxy groups -OCH3 is 1. The summed E-state index contributed by atoms with van der Waals surface area (Å²) >= 11 is 0. The first-order valence-electron chi connectivity index (χ1n) is 9.64. The largest absolute Gasteiger partial charge is 0.383 e. The van der Waals surface area contributed by atoms with Crippen molar-refractivity contribution < 1.29 is 21.9 Å². The molecule has 4 rings (SSSR count). The average Bonchev–Trinajstić information content (AvgIpc) is 3.31. The number of aromatic nitrogens is 3. The summed E-state index contributed by atoms with van der Waals surface area (Å²) in [6, 6.07) is 6.06. The first kappa shape index (κ1) is 20.8. The Labute approximate surface area is 173 Å². The summed E-state index contributed by atoms with van der Waals surface area (Å²) < 4.78 is 61.2. The predicted molar refractivity (Wildman–Crippen MR) is 106 cm³/mol. The minimum absolute atomic E-state index is 0.0382. The van der Waals surface area contributed by atoms with Crippen molar-refractivity contribution in [2.75, 3.05) is 26.8 Å². The average molecular weight is 436 g/mol. The number of pyridine rings is 1. The van der Waals surface area contributed by atoms with Crippen LogP contribution in [0.15, 0.2) is 41.4 Å². The second-order valence-corrected chi connectivity index (χ2v) is 9.28. The van der Waals surface area contributed by atoms with Crippen LogP contribution in [0.5, 0.6) is 0 Å². The van der Waals surface area contributed by atoms with Crippen LogP contribution >= 0.6 is 0 Å². The molecule has 1 aliphatic rings. The molecule has 1 aromatic carbocycles. The van der Waals surface area contributed by atoms with Crippen LogP contribution < -0.4 is 0 Å². The van der Waals surface area contributed by atoms with E-state index in [0.29, 0.717) is 38.6 Å². The van der Waals surface area contributed by atoms with E-state index in [4.69, 9.17) is 4.74 Å². The van der Waals surface area contributed by atoms with Crippen molar-refractivity contribution in [1.82, 2.24) is 18.8 Å². The molecule has 1 atom stereocenters. The molecule has 7 nitrogen and oxygen atoms in total. The lowest BCUT2D eigenvalue weighted by molar-refractivity contribution is 0.187. The minimum atomic E-state index is -3.96. The monoisotopic (exact) mass is 436 g/mol. The number of fused-ring (bicyclic) bond motifs is 1. The summed E-state index contributed by atoms with van der Waals surface area (Å²) in [5, 5.41) is 0. The van der Waals surface area contributed by atoms with Gasteiger partial charge in [-0.05, 0) is 36.6 Å². The van der Waals surface area contributed by atoms with Gasteiger partial charge in [-0.25, -0.2) is 27.2 Å². The summed E-state index contributed by atoms with van der Waals surface area (Å²) in [5.41, 5.74) is 1.54. The molecule has 10 heteroatoms. The maximum absolute atomic E-state index is 13.5. The number of halogens is 2. The number of hydrogen-bond donors (Lipinski definition) is 0. The van der Waals surface area contributed by atoms with Crippen LogP contribution in [0.25, 0.3) is 11.2 Å². The maximum atomic E-state index is 13.5. The van der Waals surface area contributed by atoms with Crippen LogP contribution in [0.2, 0.25) is 0 Å². The van der Waals surface area contributed by atoms with Gasteiger partial charge in [-0.1, -0.05) is 0 Å². The van der Waals surface area contributed by atoms with E-state index in [1.807, 2.05) is 16.7 Å². The molecular weight excluding hydrogens is 414 g/mol. The Morgan fingerprint density at radius 1 is 1.23 bits per heavy atom. The summed E-state index contributed by atoms with van der Waals surface area (Å²) in [5.74, 6) is -0.967. The zero-order chi connectivity index (χ0) is 21.3. The molecule has 0 N–H and O–H groups in total. The first-order chi connectivity index (χ1) is 14.4. The molecule has 0 radical (unpaired) electrons. The van der Waals surface area contributed by atoms with Crippen molar-refractivity contribution in [3.05, 3.63) is 54.0 Å². The molecule has 0 spiro atoms. The third-order valence-electron chi connectivity index (χ3n) is 5.30. The Balaban J connectivity index is 1.54. The van der Waals surface area contributed by atoms with E-state index < -0.39 is 21.7 Å². The van der Waals surface area contributed by atoms with Crippen LogP contribution in [-0.4, -0.2) is 54.1 Å². The van der Waals surface area contributed by atoms with Gasteiger partial charge in [-0.15, -0.1) is 0 Å². The van der Waals surface area contributed by atoms with Crippen LogP contribution in [0.3, 0.4) is 0 Å². The highest BCUT2D eigenvalue weighted by molar-refractivity contribution is 7.89. The Morgan fingerprint density at radius 3 is 2.73 bits per heavy atom. The maximum Gasteiger partial charge on any atom is 0.243 e. The van der Waals surface area contributed by atoms with Crippen LogP contribution in [0, 0.1) is 17.6 Å². The molecule has 0 amide bonds. The van der Waals surface area contributed by atoms with Crippen molar-refractivity contribution in [3.8, 4) is 0 Å². The van der Waals surface area contributed by atoms with Crippen LogP contribution in [0.4, 0.5) is 8.78 Å². The quantitative estimate of drug-likeness (QED) is 0.569. The van der Waals surface area contributed by atoms with Gasteiger partial charge in [-0.3, -0.25) is 0 Å². The number of nitrogens with zero attached hydrogens (tertiary/aromatic N) is 4. The molecule has 0 saturated carbocycles. The van der Waals surface area contributed by atoms with Crippen molar-refractivity contribution >= 4 is 21.2 Å². The van der Waals surface area contributed by atoms with Gasteiger partial charge >= 0.3 is 0 Å². The number of ether oxygens (including phenoxy) is 1. The molecule has 2 aromatic heterocycles. The van der Waals surface area contributed by atoms with E-state index in [1.165, 1.54) is 4.31 Å². The zero-order valence-corrected chi connectivity index (χ0v) is 17.3. The van der Waals surface area contributed by atoms with Gasteiger partial charge in [0.15, 0.2) is 5.65 Å². The highest BCUT2D eigenvalue weighted by Gasteiger charge is 2.34. The zero-order valence-electron chi connectivity index (χ0n) is 16.5. The third kappa shape index (κ3) is 4.07. The van der Waals surface area contributed by atoms with Crippen LogP contribution in [-0.2, 0) is 27.7 Å². The minimum Gasteiger partial charge on any atom is -0.383 e. The van der Waals surface area contributed by atoms with Gasteiger partial charge in [0, 0.05) is 45.4 Å². The lowest BCUT2D eigenvalue weighted by Gasteiger charge is -2.17. The molecule has 1 fully saturated rings. The molecule has 0 aliphatic carbocycles. The van der Waals surface area contributed by atoms with Gasteiger partial charge in [0.2, 0.25) is 10.0 Å². The van der Waals surface area contributed by atoms with E-state index in [0.717, 1.165) is 29.1 Å². The molecule has 0 bridgehead atoms. The number of sulfonamides is 1. The number of rotatable bonds is 7. The van der Waals surface area contributed by atoms with Gasteiger partial charge in [0.1, 0.15) is 23.0 Å². The van der Waals surface area contributed by atoms with Crippen LogP contribution in [0.1, 0.15) is 12.2 Å². The third-order valence-corrected chi connectivity index (χ3v) is 7.14. The first-order valence-corrected chi connectivity index (χ1v) is 11.1. The standard InChI is InChI=1S/C20H22F2N4O3S/c1-29-8-7-26-19(24-18-3-2-5-23-20(18)26)9-14-4-6-25(13-14)30(27,28)17-11-15(21)10-16(22)12-17/h2-3,5,10-12,14H,4,6-9,13H2,1H3/t14-/m0/s1. The second-order valence-electron chi connectivity index (χ2n) is 7.35. The summed E-state index contributed by atoms with van der Waals surface area (Å²) in [6.45, 7) is 1.66. The molecule has 160 valence electrons. The van der Waals surface area contributed by atoms with Crippen molar-refractivity contribution in [1.29, 1.82) is 0 Å². The van der Waals surface area contributed by atoms with E-state index in [-0.39, 0.29) is 17.4 Å². The lowest BCUT2D eigenvalue weighted by atomic mass is 10.0. The van der Waals surface area contributed by atoms with Gasteiger partial charge in [-0.2, -0.15) is 4.31 Å². The van der Waals surface area contributed by atoms with Gasteiger partial charge < -0.3 is 9.30 Å². The Hall–Kier alpha value is -2.43. The summed E-state index contributed by atoms with van der Waals surface area (Å²) in [4.78, 5) is 8.72. The van der Waals surface area contributed by atoms with Crippen molar-refractivity contribution in [3.63, 3.8) is 0 Å². The van der Waals surface area contributed by atoms with Gasteiger partial charge in [0.25, 0.3) is 0 Å². The molecule has 30 heavy (non-hydrogen) atoms. The van der Waals surface area contributed by atoms with E-state index in [1.54, 1.807) is 13.3 Å². The van der Waals surface area contributed by atoms with Crippen molar-refractivity contribution in [2.45, 2.75) is 24.3 Å². The Morgan fingerprint density at radius 2 is 2.00 bits per heavy atom. The van der Waals surface area contributed by atoms with E-state index in [9.17, 15) is 17.2 Å². The molecular formula is C20H22F2N4O3S. The SMILES string of the molecule is COCCn1c(C[C@@H]2CCN(S(=O)(=O)c3cc(F)cc(F)c3)C2)nc2cccnc21. The fourth-order valence-corrected chi connectivity index (χ4v) is 5.42. The molecule has 1 saturated heterocycles. The van der Waals surface area contributed by atoms with E-state index >= 15 is 0 Å². The van der Waals surface area contributed by atoms with E-state index in [2.05, 4.69) is 9.97 Å². The fourth-order valence-electron chi connectivity index (χ4n) is 3.85. The topological polar surface area (TPSA) is 77.3 Å². The molecule has 0 unspecified atom stereocenters. The highest BCUT2D eigenvalue weighted by Crippen LogP contribution is 2.28. The van der Waals surface area contributed by atoms with Crippen molar-refractivity contribution in [2.24, 2.45) is 5.92 Å². The fraction of sp³-hybridized carbons (Fsp3) is 0.400. The smallest absolute Gasteiger partial charge is 0.243 e. The predicted octanol–water partition coefficient (Wildman–Crippen LogP) is 2.61. The number of hydrogen-bond acceptors (Lipinski definition) is 5. The molecule has 1 aliphatic heterocycles. The molecule has 3 heterocycles. The summed E-state index contributed by atoms with van der Waals surface area (Å²) in [6.07, 6.45) is 2.92. The Bertz CT molecular complexity index is 1150. The highest BCUT2D eigenvalue weighted by atomic mass is 32.2. The summed E-state index contributed by atoms with van der Waals surface area (Å²) in [7, 11) is -2.34. The Kier molecular flexibility index (Phi) is 5.81.